The molecule has 6 rings (SSSR count). The Kier molecular flexibility index (Phi) is 3.67. The maximum atomic E-state index is 13.0. The molecule has 1 unspecified atom stereocenters. The second-order valence-corrected chi connectivity index (χ2v) is 9.48. The van der Waals surface area contributed by atoms with Gasteiger partial charge in [-0.2, -0.15) is 0 Å². The summed E-state index contributed by atoms with van der Waals surface area (Å²) in [5.41, 5.74) is 0.923. The summed E-state index contributed by atoms with van der Waals surface area (Å²) >= 11 is 0. The number of carbonyl (C=O) groups is 1. The Bertz CT molecular complexity index is 1030. The van der Waals surface area contributed by atoms with Gasteiger partial charge >= 0.3 is 0 Å². The molecule has 30 heavy (non-hydrogen) atoms. The zero-order valence-corrected chi connectivity index (χ0v) is 17.4. The number of ether oxygens (including phenoxy) is 2. The maximum Gasteiger partial charge on any atom is 0.196 e. The number of hydrogen-bond donors (Lipinski definition) is 1. The molecule has 1 saturated carbocycles. The first-order valence-electron chi connectivity index (χ1n) is 10.8. The monoisotopic (exact) mass is 405 g/mol. The Morgan fingerprint density at radius 1 is 1.30 bits per heavy atom. The maximum absolute atomic E-state index is 13.0. The van der Waals surface area contributed by atoms with E-state index in [9.17, 15) is 9.90 Å². The van der Waals surface area contributed by atoms with E-state index < -0.39 is 22.7 Å². The highest BCUT2D eigenvalue weighted by atomic mass is 16.6. The molecule has 3 aliphatic carbocycles. The van der Waals surface area contributed by atoms with Crippen LogP contribution < -0.4 is 0 Å². The lowest BCUT2D eigenvalue weighted by Crippen LogP contribution is -2.72. The molecule has 1 aromatic carbocycles. The van der Waals surface area contributed by atoms with Gasteiger partial charge in [0.05, 0.1) is 5.41 Å². The minimum absolute atomic E-state index is 0.0525. The number of nitrogens with zero attached hydrogens (tertiary/aromatic N) is 1. The van der Waals surface area contributed by atoms with Gasteiger partial charge in [-0.15, -0.1) is 0 Å². The van der Waals surface area contributed by atoms with Crippen molar-refractivity contribution in [2.45, 2.75) is 49.0 Å². The summed E-state index contributed by atoms with van der Waals surface area (Å²) in [4.78, 5) is 15.3. The summed E-state index contributed by atoms with van der Waals surface area (Å²) in [5, 5.41) is 12.1. The largest absolute Gasteiger partial charge is 0.482 e. The molecular weight excluding hydrogens is 378 g/mol. The third kappa shape index (κ3) is 2.01. The molecule has 5 aliphatic rings. The number of likely N-dealkylation sites (N-methyl/N-ethyl adjacent to an activating group) is 1. The molecule has 5 atom stereocenters. The van der Waals surface area contributed by atoms with Gasteiger partial charge in [-0.1, -0.05) is 36.4 Å². The van der Waals surface area contributed by atoms with Gasteiger partial charge in [-0.25, -0.2) is 0 Å². The number of piperidine rings is 1. The molecule has 1 spiro atoms. The fourth-order valence-corrected chi connectivity index (χ4v) is 6.76. The molecule has 2 aliphatic heterocycles. The van der Waals surface area contributed by atoms with Crippen molar-refractivity contribution in [2.75, 3.05) is 20.7 Å². The van der Waals surface area contributed by atoms with E-state index in [-0.39, 0.29) is 11.8 Å². The minimum Gasteiger partial charge on any atom is -0.482 e. The van der Waals surface area contributed by atoms with Gasteiger partial charge in [-0.3, -0.25) is 9.69 Å². The van der Waals surface area contributed by atoms with Crippen molar-refractivity contribution in [1.82, 2.24) is 4.90 Å². The van der Waals surface area contributed by atoms with Crippen LogP contribution in [-0.2, 0) is 20.7 Å². The van der Waals surface area contributed by atoms with Crippen molar-refractivity contribution < 1.29 is 19.4 Å². The molecule has 5 heteroatoms. The molecule has 0 amide bonds. The number of aliphatic hydroxyl groups is 1. The average Bonchev–Trinajstić information content (AvgIpc) is 3.12. The zero-order chi connectivity index (χ0) is 20.7. The quantitative estimate of drug-likeness (QED) is 0.838. The number of rotatable bonds is 3. The Morgan fingerprint density at radius 3 is 2.87 bits per heavy atom. The third-order valence-corrected chi connectivity index (χ3v) is 8.28. The number of carbonyl (C=O) groups excluding carboxylic acids is 1. The van der Waals surface area contributed by atoms with E-state index in [0.29, 0.717) is 19.3 Å². The van der Waals surface area contributed by atoms with Crippen LogP contribution in [0.15, 0.2) is 65.5 Å². The first kappa shape index (κ1) is 18.6. The Hall–Kier alpha value is -2.21. The fraction of sp³-hybridized carbons (Fsp3) is 0.480. The first-order valence-corrected chi connectivity index (χ1v) is 10.8. The molecule has 0 aromatic heterocycles. The number of benzene rings is 1. The second kappa shape index (κ2) is 5.94. The van der Waals surface area contributed by atoms with Gasteiger partial charge in [0, 0.05) is 31.6 Å². The Balaban J connectivity index is 1.56. The molecular formula is C25H27NO4. The lowest BCUT2D eigenvalue weighted by Gasteiger charge is -2.61. The Labute approximate surface area is 176 Å². The summed E-state index contributed by atoms with van der Waals surface area (Å²) in [6.07, 6.45) is 7.70. The van der Waals surface area contributed by atoms with Crippen LogP contribution in [0.1, 0.15) is 24.8 Å². The van der Waals surface area contributed by atoms with Gasteiger partial charge in [0.25, 0.3) is 0 Å². The zero-order valence-electron chi connectivity index (χ0n) is 17.4. The van der Waals surface area contributed by atoms with Crippen LogP contribution in [-0.4, -0.2) is 59.8 Å². The standard InChI is InChI=1S/C25H27NO4/c1-26-13-12-24-20-17-8-10-23(29-2,15-16-6-4-3-5-7-16)22(20)30-21(24)18(27)9-11-25(24,28)19(26)14-17/h3-9,11,19,21,28H,10,12-15H2,1-2H3/t19-,21+,23?,24+,25-/m1/s1. The molecule has 2 bridgehead atoms. The van der Waals surface area contributed by atoms with E-state index in [4.69, 9.17) is 9.47 Å². The molecule has 2 fully saturated rings. The predicted molar refractivity (Wildman–Crippen MR) is 112 cm³/mol. The molecule has 2 heterocycles. The van der Waals surface area contributed by atoms with Crippen LogP contribution in [0.3, 0.4) is 0 Å². The molecule has 1 aromatic rings. The lowest BCUT2D eigenvalue weighted by molar-refractivity contribution is -0.173. The molecule has 1 N–H and O–H groups in total. The molecule has 156 valence electrons. The smallest absolute Gasteiger partial charge is 0.196 e. The lowest BCUT2D eigenvalue weighted by atomic mass is 9.48. The van der Waals surface area contributed by atoms with Gasteiger partial charge in [0.2, 0.25) is 0 Å². The number of hydrogen-bond acceptors (Lipinski definition) is 5. The van der Waals surface area contributed by atoms with E-state index in [1.165, 1.54) is 11.6 Å². The van der Waals surface area contributed by atoms with Gasteiger partial charge in [-0.05, 0) is 49.7 Å². The van der Waals surface area contributed by atoms with Gasteiger partial charge < -0.3 is 14.6 Å². The fourth-order valence-electron chi connectivity index (χ4n) is 6.76. The highest BCUT2D eigenvalue weighted by molar-refractivity contribution is 5.98. The van der Waals surface area contributed by atoms with Crippen LogP contribution in [0.25, 0.3) is 0 Å². The minimum atomic E-state index is -1.11. The SMILES string of the molecule is COC1(Cc2ccccc2)CC=C2C[C@H]3N(C)CC[C@]45C2=C1O[C@H]4C(=O)C=C[C@@]35O. The van der Waals surface area contributed by atoms with Crippen LogP contribution >= 0.6 is 0 Å². The average molecular weight is 405 g/mol. The van der Waals surface area contributed by atoms with E-state index in [1.54, 1.807) is 13.2 Å². The van der Waals surface area contributed by atoms with Crippen molar-refractivity contribution in [3.05, 3.63) is 71.0 Å². The van der Waals surface area contributed by atoms with Gasteiger partial charge in [0.15, 0.2) is 11.9 Å². The summed E-state index contributed by atoms with van der Waals surface area (Å²) in [5.74, 6) is 0.721. The van der Waals surface area contributed by atoms with Crippen LogP contribution in [0, 0.1) is 5.41 Å². The van der Waals surface area contributed by atoms with E-state index in [1.807, 2.05) is 18.2 Å². The van der Waals surface area contributed by atoms with E-state index in [0.717, 1.165) is 29.9 Å². The Morgan fingerprint density at radius 2 is 2.10 bits per heavy atom. The van der Waals surface area contributed by atoms with Crippen molar-refractivity contribution in [1.29, 1.82) is 0 Å². The normalized spacial score (nSPS) is 41.4. The van der Waals surface area contributed by atoms with Crippen molar-refractivity contribution in [2.24, 2.45) is 5.41 Å². The highest BCUT2D eigenvalue weighted by Gasteiger charge is 2.74. The van der Waals surface area contributed by atoms with E-state index in [2.05, 4.69) is 30.2 Å². The van der Waals surface area contributed by atoms with Crippen LogP contribution in [0.4, 0.5) is 0 Å². The molecule has 1 saturated heterocycles. The summed E-state index contributed by atoms with van der Waals surface area (Å²) in [7, 11) is 3.79. The molecule has 0 radical (unpaired) electrons. The van der Waals surface area contributed by atoms with Crippen molar-refractivity contribution in [3.8, 4) is 0 Å². The van der Waals surface area contributed by atoms with Crippen molar-refractivity contribution in [3.63, 3.8) is 0 Å². The summed E-state index contributed by atoms with van der Waals surface area (Å²) in [6, 6.07) is 10.2. The second-order valence-electron chi connectivity index (χ2n) is 9.48. The summed E-state index contributed by atoms with van der Waals surface area (Å²) in [6.45, 7) is 0.830. The topological polar surface area (TPSA) is 59.0 Å². The van der Waals surface area contributed by atoms with E-state index >= 15 is 0 Å². The van der Waals surface area contributed by atoms with Crippen molar-refractivity contribution >= 4 is 5.78 Å². The highest BCUT2D eigenvalue weighted by Crippen LogP contribution is 2.67. The van der Waals surface area contributed by atoms with Crippen LogP contribution in [0.2, 0.25) is 0 Å². The molecule has 5 nitrogen and oxygen atoms in total. The van der Waals surface area contributed by atoms with Gasteiger partial charge in [0.1, 0.15) is 17.0 Å². The number of methoxy groups -OCH3 is 1. The summed E-state index contributed by atoms with van der Waals surface area (Å²) < 4.78 is 12.7. The number of likely N-dealkylation sites (tertiary alicyclic amines) is 1. The first-order chi connectivity index (χ1) is 14.5. The third-order valence-electron chi connectivity index (χ3n) is 8.28. The number of ketones is 1. The van der Waals surface area contributed by atoms with Crippen LogP contribution in [0.5, 0.6) is 0 Å². The predicted octanol–water partition coefficient (Wildman–Crippen LogP) is 2.56.